The van der Waals surface area contributed by atoms with E-state index < -0.39 is 5.91 Å². The van der Waals surface area contributed by atoms with Crippen molar-refractivity contribution in [1.82, 2.24) is 4.57 Å². The lowest BCUT2D eigenvalue weighted by atomic mass is 10.0. The van der Waals surface area contributed by atoms with Crippen molar-refractivity contribution in [3.63, 3.8) is 0 Å². The number of amides is 1. The highest BCUT2D eigenvalue weighted by molar-refractivity contribution is 7.80. The van der Waals surface area contributed by atoms with Crippen LogP contribution in [0.4, 0.5) is 0 Å². The summed E-state index contributed by atoms with van der Waals surface area (Å²) in [4.78, 5) is 25.3. The standard InChI is InChI=1S/C19H18N2O3S2/c1-21-8-14(13-7-16(18(20)22)26-17(13)19(21)23)12-6-11(25)4-5-15(12)24-9-10-2-3-10/h4-8,10,25H,2-3,9H2,1H3,(H2,20,22). The van der Waals surface area contributed by atoms with Crippen LogP contribution < -0.4 is 16.0 Å². The molecule has 0 radical (unpaired) electrons. The van der Waals surface area contributed by atoms with E-state index in [2.05, 4.69) is 12.6 Å². The summed E-state index contributed by atoms with van der Waals surface area (Å²) >= 11 is 5.58. The van der Waals surface area contributed by atoms with Gasteiger partial charge in [0, 0.05) is 34.7 Å². The third kappa shape index (κ3) is 3.12. The Hall–Kier alpha value is -2.25. The summed E-state index contributed by atoms with van der Waals surface area (Å²) < 4.78 is 8.07. The van der Waals surface area contributed by atoms with Crippen molar-refractivity contribution in [3.05, 3.63) is 45.7 Å². The number of thiophene rings is 1. The molecular weight excluding hydrogens is 368 g/mol. The van der Waals surface area contributed by atoms with Gasteiger partial charge in [-0.2, -0.15) is 0 Å². The molecule has 26 heavy (non-hydrogen) atoms. The fraction of sp³-hybridized carbons (Fsp3) is 0.263. The molecule has 0 atom stereocenters. The molecule has 0 spiro atoms. The Balaban J connectivity index is 1.93. The van der Waals surface area contributed by atoms with E-state index in [9.17, 15) is 9.59 Å². The number of nitrogens with two attached hydrogens (primary N) is 1. The van der Waals surface area contributed by atoms with E-state index in [0.29, 0.717) is 27.5 Å². The molecule has 0 unspecified atom stereocenters. The highest BCUT2D eigenvalue weighted by Gasteiger charge is 2.23. The second-order valence-electron chi connectivity index (χ2n) is 6.61. The Morgan fingerprint density at radius 3 is 2.81 bits per heavy atom. The Kier molecular flexibility index (Phi) is 4.28. The van der Waals surface area contributed by atoms with Crippen molar-refractivity contribution in [2.75, 3.05) is 6.61 Å². The van der Waals surface area contributed by atoms with Crippen LogP contribution in [0.25, 0.3) is 21.2 Å². The molecular formula is C19H18N2O3S2. The quantitative estimate of drug-likeness (QED) is 0.660. The van der Waals surface area contributed by atoms with Gasteiger partial charge in [-0.15, -0.1) is 24.0 Å². The summed E-state index contributed by atoms with van der Waals surface area (Å²) in [7, 11) is 1.70. The van der Waals surface area contributed by atoms with Gasteiger partial charge in [0.05, 0.1) is 11.5 Å². The maximum absolute atomic E-state index is 12.5. The molecule has 134 valence electrons. The number of hydrogen-bond acceptors (Lipinski definition) is 5. The van der Waals surface area contributed by atoms with Gasteiger partial charge in [0.15, 0.2) is 0 Å². The second kappa shape index (κ2) is 6.48. The first kappa shape index (κ1) is 17.2. The number of ether oxygens (including phenoxy) is 1. The van der Waals surface area contributed by atoms with E-state index in [1.807, 2.05) is 18.2 Å². The molecule has 0 aliphatic heterocycles. The Morgan fingerprint density at radius 1 is 1.35 bits per heavy atom. The maximum Gasteiger partial charge on any atom is 0.268 e. The minimum atomic E-state index is -0.535. The monoisotopic (exact) mass is 386 g/mol. The first-order valence-electron chi connectivity index (χ1n) is 8.33. The number of aryl methyl sites for hydroxylation is 1. The number of carbonyl (C=O) groups is 1. The number of aromatic nitrogens is 1. The van der Waals surface area contributed by atoms with Crippen molar-refractivity contribution in [2.24, 2.45) is 18.7 Å². The summed E-state index contributed by atoms with van der Waals surface area (Å²) in [6.45, 7) is 0.685. The van der Waals surface area contributed by atoms with Gasteiger partial charge in [-0.1, -0.05) is 0 Å². The summed E-state index contributed by atoms with van der Waals surface area (Å²) in [5, 5.41) is 0.710. The van der Waals surface area contributed by atoms with E-state index >= 15 is 0 Å². The normalized spacial score (nSPS) is 13.9. The van der Waals surface area contributed by atoms with Gasteiger partial charge in [0.1, 0.15) is 10.4 Å². The smallest absolute Gasteiger partial charge is 0.268 e. The van der Waals surface area contributed by atoms with Crippen LogP contribution in [0.15, 0.2) is 40.2 Å². The van der Waals surface area contributed by atoms with Gasteiger partial charge in [-0.05, 0) is 43.0 Å². The average molecular weight is 386 g/mol. The fourth-order valence-electron chi connectivity index (χ4n) is 2.91. The molecule has 0 bridgehead atoms. The third-order valence-electron chi connectivity index (χ3n) is 4.53. The molecule has 1 aliphatic rings. The largest absolute Gasteiger partial charge is 0.493 e. The summed E-state index contributed by atoms with van der Waals surface area (Å²) in [6, 6.07) is 7.40. The summed E-state index contributed by atoms with van der Waals surface area (Å²) in [5.74, 6) is 0.843. The Morgan fingerprint density at radius 2 is 2.12 bits per heavy atom. The molecule has 5 nitrogen and oxygen atoms in total. The van der Waals surface area contributed by atoms with Gasteiger partial charge >= 0.3 is 0 Å². The minimum absolute atomic E-state index is 0.149. The van der Waals surface area contributed by atoms with Crippen molar-refractivity contribution in [1.29, 1.82) is 0 Å². The molecule has 2 N–H and O–H groups in total. The van der Waals surface area contributed by atoms with Crippen molar-refractivity contribution >= 4 is 40.0 Å². The zero-order valence-electron chi connectivity index (χ0n) is 14.2. The summed E-state index contributed by atoms with van der Waals surface area (Å²) in [5.41, 5.74) is 6.95. The van der Waals surface area contributed by atoms with Crippen LogP contribution in [0.3, 0.4) is 0 Å². The van der Waals surface area contributed by atoms with E-state index in [1.165, 1.54) is 17.4 Å². The van der Waals surface area contributed by atoms with Crippen LogP contribution in [0, 0.1) is 5.92 Å². The number of thiol groups is 1. The third-order valence-corrected chi connectivity index (χ3v) is 5.94. The molecule has 2 heterocycles. The van der Waals surface area contributed by atoms with Crippen LogP contribution in [-0.2, 0) is 7.05 Å². The van der Waals surface area contributed by atoms with E-state index in [-0.39, 0.29) is 5.56 Å². The molecule has 1 saturated carbocycles. The lowest BCUT2D eigenvalue weighted by Crippen LogP contribution is -2.15. The molecule has 7 heteroatoms. The predicted octanol–water partition coefficient (Wildman–Crippen LogP) is 3.44. The Bertz CT molecular complexity index is 1080. The molecule has 1 aromatic carbocycles. The van der Waals surface area contributed by atoms with Crippen LogP contribution in [0.2, 0.25) is 0 Å². The molecule has 1 amide bonds. The second-order valence-corrected chi connectivity index (χ2v) is 8.18. The van der Waals surface area contributed by atoms with Crippen LogP contribution in [-0.4, -0.2) is 17.1 Å². The highest BCUT2D eigenvalue weighted by atomic mass is 32.1. The maximum atomic E-state index is 12.5. The number of pyridine rings is 1. The minimum Gasteiger partial charge on any atom is -0.493 e. The van der Waals surface area contributed by atoms with Gasteiger partial charge in [-0.25, -0.2) is 0 Å². The number of primary amides is 1. The van der Waals surface area contributed by atoms with Crippen LogP contribution in [0.5, 0.6) is 5.75 Å². The topological polar surface area (TPSA) is 74.3 Å². The number of fused-ring (bicyclic) bond motifs is 1. The van der Waals surface area contributed by atoms with Gasteiger partial charge in [0.25, 0.3) is 11.5 Å². The molecule has 0 saturated heterocycles. The zero-order chi connectivity index (χ0) is 18.4. The number of carbonyl (C=O) groups excluding carboxylic acids is 1. The van der Waals surface area contributed by atoms with Crippen molar-refractivity contribution in [2.45, 2.75) is 17.7 Å². The van der Waals surface area contributed by atoms with E-state index in [1.54, 1.807) is 19.3 Å². The van der Waals surface area contributed by atoms with Crippen molar-refractivity contribution < 1.29 is 9.53 Å². The number of benzene rings is 1. The van der Waals surface area contributed by atoms with E-state index in [4.69, 9.17) is 10.5 Å². The lowest BCUT2D eigenvalue weighted by Gasteiger charge is -2.14. The first-order valence-corrected chi connectivity index (χ1v) is 9.59. The first-order chi connectivity index (χ1) is 12.4. The van der Waals surface area contributed by atoms with Crippen LogP contribution in [0.1, 0.15) is 22.5 Å². The number of rotatable bonds is 5. The Labute approximate surface area is 159 Å². The van der Waals surface area contributed by atoms with Crippen LogP contribution >= 0.6 is 24.0 Å². The molecule has 1 aliphatic carbocycles. The highest BCUT2D eigenvalue weighted by Crippen LogP contribution is 2.39. The van der Waals surface area contributed by atoms with Gasteiger partial charge in [-0.3, -0.25) is 9.59 Å². The lowest BCUT2D eigenvalue weighted by molar-refractivity contribution is 0.100. The average Bonchev–Trinajstić information content (AvgIpc) is 3.32. The summed E-state index contributed by atoms with van der Waals surface area (Å²) in [6.07, 6.45) is 4.18. The molecule has 4 rings (SSSR count). The molecule has 1 fully saturated rings. The van der Waals surface area contributed by atoms with E-state index in [0.717, 1.165) is 33.1 Å². The molecule has 3 aromatic rings. The number of nitrogens with zero attached hydrogens (tertiary/aromatic N) is 1. The predicted molar refractivity (Wildman–Crippen MR) is 106 cm³/mol. The SMILES string of the molecule is Cn1cc(-c2cc(S)ccc2OCC2CC2)c2cc(C(N)=O)sc2c1=O. The van der Waals surface area contributed by atoms with Crippen molar-refractivity contribution in [3.8, 4) is 16.9 Å². The molecule has 2 aromatic heterocycles. The number of hydrogen-bond donors (Lipinski definition) is 2. The van der Waals surface area contributed by atoms with Gasteiger partial charge in [0.2, 0.25) is 0 Å². The van der Waals surface area contributed by atoms with Gasteiger partial charge < -0.3 is 15.0 Å². The fourth-order valence-corrected chi connectivity index (χ4v) is 4.13. The zero-order valence-corrected chi connectivity index (χ0v) is 15.9.